The van der Waals surface area contributed by atoms with Gasteiger partial charge >= 0.3 is 11.9 Å². The second kappa shape index (κ2) is 8.88. The van der Waals surface area contributed by atoms with E-state index in [0.29, 0.717) is 17.8 Å². The van der Waals surface area contributed by atoms with Crippen molar-refractivity contribution < 1.29 is 28.2 Å². The number of halogens is 1. The van der Waals surface area contributed by atoms with E-state index in [-0.39, 0.29) is 28.7 Å². The number of methoxy groups -OCH3 is 1. The van der Waals surface area contributed by atoms with Crippen molar-refractivity contribution in [1.29, 1.82) is 0 Å². The molecular weight excluding hydrogens is 413 g/mol. The van der Waals surface area contributed by atoms with Crippen molar-refractivity contribution in [2.24, 2.45) is 11.8 Å². The Kier molecular flexibility index (Phi) is 6.17. The molecule has 0 saturated heterocycles. The lowest BCUT2D eigenvalue weighted by Gasteiger charge is -2.38. The van der Waals surface area contributed by atoms with Crippen molar-refractivity contribution in [1.82, 2.24) is 5.32 Å². The SMILES string of the molecule is COC(=O)[C@@H]1C(=O)C2=C(C[C@H]1C)NC(C)=C(C(=O)OC1CCCC1)[C@H]2c1ccccc1F. The summed E-state index contributed by atoms with van der Waals surface area (Å²) in [4.78, 5) is 39.3. The summed E-state index contributed by atoms with van der Waals surface area (Å²) in [6.45, 7) is 3.55. The number of carbonyl (C=O) groups excluding carboxylic acids is 3. The molecule has 0 spiro atoms. The summed E-state index contributed by atoms with van der Waals surface area (Å²) in [6.07, 6.45) is 3.82. The van der Waals surface area contributed by atoms with E-state index >= 15 is 4.39 Å². The van der Waals surface area contributed by atoms with Gasteiger partial charge < -0.3 is 14.8 Å². The summed E-state index contributed by atoms with van der Waals surface area (Å²) in [7, 11) is 1.24. The second-order valence-corrected chi connectivity index (χ2v) is 8.87. The van der Waals surface area contributed by atoms with Gasteiger partial charge in [0.1, 0.15) is 17.8 Å². The fourth-order valence-corrected chi connectivity index (χ4v) is 5.19. The van der Waals surface area contributed by atoms with E-state index in [4.69, 9.17) is 9.47 Å². The number of ketones is 1. The molecular formula is C25H28FNO5. The number of benzene rings is 1. The Labute approximate surface area is 186 Å². The number of rotatable bonds is 4. The molecule has 1 aromatic rings. The fraction of sp³-hybridized carbons (Fsp3) is 0.480. The Morgan fingerprint density at radius 2 is 1.84 bits per heavy atom. The Hall–Kier alpha value is -2.96. The number of ether oxygens (including phenoxy) is 2. The van der Waals surface area contributed by atoms with E-state index in [1.54, 1.807) is 25.1 Å². The zero-order valence-corrected chi connectivity index (χ0v) is 18.6. The van der Waals surface area contributed by atoms with Crippen LogP contribution >= 0.6 is 0 Å². The molecule has 7 heteroatoms. The number of allylic oxidation sites excluding steroid dienone is 3. The number of nitrogens with one attached hydrogen (secondary N) is 1. The smallest absolute Gasteiger partial charge is 0.337 e. The molecule has 0 unspecified atom stereocenters. The van der Waals surface area contributed by atoms with E-state index < -0.39 is 35.4 Å². The average molecular weight is 441 g/mol. The maximum absolute atomic E-state index is 15.0. The summed E-state index contributed by atoms with van der Waals surface area (Å²) in [5.74, 6) is -4.38. The van der Waals surface area contributed by atoms with Crippen LogP contribution in [0.25, 0.3) is 0 Å². The molecule has 4 rings (SSSR count). The molecule has 0 bridgehead atoms. The van der Waals surface area contributed by atoms with Crippen LogP contribution in [0.4, 0.5) is 4.39 Å². The molecule has 6 nitrogen and oxygen atoms in total. The molecule has 3 atom stereocenters. The van der Waals surface area contributed by atoms with Crippen molar-refractivity contribution in [2.75, 3.05) is 7.11 Å². The Balaban J connectivity index is 1.82. The van der Waals surface area contributed by atoms with E-state index in [0.717, 1.165) is 25.7 Å². The topological polar surface area (TPSA) is 81.7 Å². The lowest BCUT2D eigenvalue weighted by molar-refractivity contribution is -0.151. The van der Waals surface area contributed by atoms with E-state index in [1.807, 2.05) is 6.92 Å². The quantitative estimate of drug-likeness (QED) is 0.563. The predicted molar refractivity (Wildman–Crippen MR) is 115 cm³/mol. The predicted octanol–water partition coefficient (Wildman–Crippen LogP) is 3.92. The minimum absolute atomic E-state index is 0.177. The summed E-state index contributed by atoms with van der Waals surface area (Å²) < 4.78 is 25.6. The lowest BCUT2D eigenvalue weighted by Crippen LogP contribution is -2.43. The van der Waals surface area contributed by atoms with Gasteiger partial charge in [-0.2, -0.15) is 0 Å². The van der Waals surface area contributed by atoms with Crippen LogP contribution in [-0.4, -0.2) is 30.9 Å². The normalized spacial score (nSPS) is 26.0. The van der Waals surface area contributed by atoms with Crippen LogP contribution in [0.15, 0.2) is 46.8 Å². The Morgan fingerprint density at radius 1 is 1.16 bits per heavy atom. The van der Waals surface area contributed by atoms with Crippen LogP contribution in [0.3, 0.4) is 0 Å². The van der Waals surface area contributed by atoms with Crippen LogP contribution in [0.1, 0.15) is 57.4 Å². The third-order valence-electron chi connectivity index (χ3n) is 6.76. The van der Waals surface area contributed by atoms with Crippen LogP contribution < -0.4 is 5.32 Å². The van der Waals surface area contributed by atoms with Gasteiger partial charge in [-0.15, -0.1) is 0 Å². The average Bonchev–Trinajstić information content (AvgIpc) is 3.25. The van der Waals surface area contributed by atoms with E-state index in [2.05, 4.69) is 5.32 Å². The van der Waals surface area contributed by atoms with Crippen molar-refractivity contribution in [3.05, 3.63) is 58.2 Å². The van der Waals surface area contributed by atoms with Gasteiger partial charge in [0.2, 0.25) is 0 Å². The molecule has 1 aliphatic heterocycles. The van der Waals surface area contributed by atoms with Crippen LogP contribution in [-0.2, 0) is 23.9 Å². The third-order valence-corrected chi connectivity index (χ3v) is 6.76. The van der Waals surface area contributed by atoms with Gasteiger partial charge in [0.25, 0.3) is 0 Å². The van der Waals surface area contributed by atoms with Gasteiger partial charge in [-0.1, -0.05) is 25.1 Å². The van der Waals surface area contributed by atoms with Gasteiger partial charge in [0.15, 0.2) is 5.78 Å². The van der Waals surface area contributed by atoms with Crippen LogP contribution in [0.2, 0.25) is 0 Å². The molecule has 1 aromatic carbocycles. The maximum atomic E-state index is 15.0. The molecule has 1 N–H and O–H groups in total. The highest BCUT2D eigenvalue weighted by Gasteiger charge is 2.48. The zero-order chi connectivity index (χ0) is 23.0. The van der Waals surface area contributed by atoms with Gasteiger partial charge in [-0.3, -0.25) is 9.59 Å². The first-order valence-corrected chi connectivity index (χ1v) is 11.1. The van der Waals surface area contributed by atoms with E-state index in [1.165, 1.54) is 13.2 Å². The van der Waals surface area contributed by atoms with Gasteiger partial charge in [-0.25, -0.2) is 9.18 Å². The minimum atomic E-state index is -1.000. The standard InChI is InChI=1S/C25H28FNO5/c1-13-12-18-22(23(28)19(13)24(29)31-3)21(16-10-6-7-11-17(16)26)20(14(2)27-18)25(30)32-15-8-4-5-9-15/h6-7,10-11,13,15,19,21,27H,4-5,8-9,12H2,1-3H3/t13-,19+,21-/m1/s1. The number of Topliss-reactive ketones (excluding diaryl/α,β-unsaturated/α-hetero) is 1. The van der Waals surface area contributed by atoms with Crippen molar-refractivity contribution in [3.63, 3.8) is 0 Å². The maximum Gasteiger partial charge on any atom is 0.337 e. The van der Waals surface area contributed by atoms with Gasteiger partial charge in [0.05, 0.1) is 18.6 Å². The first-order chi connectivity index (χ1) is 15.3. The molecule has 0 amide bonds. The lowest BCUT2D eigenvalue weighted by atomic mass is 9.69. The Morgan fingerprint density at radius 3 is 2.50 bits per heavy atom. The monoisotopic (exact) mass is 441 g/mol. The van der Waals surface area contributed by atoms with Crippen LogP contribution in [0, 0.1) is 17.7 Å². The number of dihydropyridines is 1. The molecule has 2 aliphatic carbocycles. The summed E-state index contributed by atoms with van der Waals surface area (Å²) in [5, 5.41) is 3.19. The van der Waals surface area contributed by atoms with Gasteiger partial charge in [0, 0.05) is 22.5 Å². The third kappa shape index (κ3) is 3.85. The highest BCUT2D eigenvalue weighted by atomic mass is 19.1. The van der Waals surface area contributed by atoms with Crippen molar-refractivity contribution >= 4 is 17.7 Å². The summed E-state index contributed by atoms with van der Waals surface area (Å²) in [6, 6.07) is 6.11. The fourth-order valence-electron chi connectivity index (χ4n) is 5.19. The van der Waals surface area contributed by atoms with Gasteiger partial charge in [-0.05, 0) is 51.0 Å². The minimum Gasteiger partial charge on any atom is -0.468 e. The first-order valence-electron chi connectivity index (χ1n) is 11.1. The summed E-state index contributed by atoms with van der Waals surface area (Å²) >= 11 is 0. The summed E-state index contributed by atoms with van der Waals surface area (Å²) in [5.41, 5.74) is 1.83. The highest BCUT2D eigenvalue weighted by molar-refractivity contribution is 6.12. The van der Waals surface area contributed by atoms with Crippen LogP contribution in [0.5, 0.6) is 0 Å². The molecule has 32 heavy (non-hydrogen) atoms. The molecule has 1 saturated carbocycles. The Bertz CT molecular complexity index is 1020. The molecule has 1 heterocycles. The number of hydrogen-bond acceptors (Lipinski definition) is 6. The van der Waals surface area contributed by atoms with Crippen molar-refractivity contribution in [3.8, 4) is 0 Å². The largest absolute Gasteiger partial charge is 0.468 e. The molecule has 0 aromatic heterocycles. The number of hydrogen-bond donors (Lipinski definition) is 1. The zero-order valence-electron chi connectivity index (χ0n) is 18.6. The molecule has 170 valence electrons. The van der Waals surface area contributed by atoms with E-state index in [9.17, 15) is 14.4 Å². The molecule has 0 radical (unpaired) electrons. The number of esters is 2. The first kappa shape index (κ1) is 22.2. The van der Waals surface area contributed by atoms with Crippen molar-refractivity contribution in [2.45, 2.75) is 58.0 Å². The molecule has 3 aliphatic rings. The highest BCUT2D eigenvalue weighted by Crippen LogP contribution is 2.46. The molecule has 1 fully saturated rings. The second-order valence-electron chi connectivity index (χ2n) is 8.87. The number of carbonyl (C=O) groups is 3.